The van der Waals surface area contributed by atoms with Gasteiger partial charge in [-0.05, 0) is 62.8 Å². The Morgan fingerprint density at radius 1 is 1.34 bits per heavy atom. The van der Waals surface area contributed by atoms with E-state index in [0.29, 0.717) is 49.9 Å². The van der Waals surface area contributed by atoms with E-state index in [4.69, 9.17) is 4.74 Å². The smallest absolute Gasteiger partial charge is 0.256 e. The van der Waals surface area contributed by atoms with Crippen molar-refractivity contribution < 1.29 is 17.9 Å². The molecule has 1 aromatic carbocycles. The SMILES string of the molecule is C=CCC(C1CC1)S(=O)(=O)n1cc(C)c2c(C(=O)NCc3c(OC)cc(C)[nH]c3=O)cc(Br)cc21. The van der Waals surface area contributed by atoms with Gasteiger partial charge in [-0.2, -0.15) is 0 Å². The molecule has 8 nitrogen and oxygen atoms in total. The summed E-state index contributed by atoms with van der Waals surface area (Å²) in [6.07, 6.45) is 5.37. The summed E-state index contributed by atoms with van der Waals surface area (Å²) >= 11 is 3.43. The zero-order valence-corrected chi connectivity index (χ0v) is 22.3. The lowest BCUT2D eigenvalue weighted by Gasteiger charge is -2.17. The van der Waals surface area contributed by atoms with Crippen LogP contribution in [-0.2, 0) is 16.6 Å². The van der Waals surface area contributed by atoms with Crippen molar-refractivity contribution in [1.29, 1.82) is 0 Å². The van der Waals surface area contributed by atoms with Gasteiger partial charge in [0.2, 0.25) is 10.0 Å². The predicted octanol–water partition coefficient (Wildman–Crippen LogP) is 4.18. The van der Waals surface area contributed by atoms with Crippen molar-refractivity contribution in [2.24, 2.45) is 5.92 Å². The number of benzene rings is 1. The Bertz CT molecular complexity index is 1480. The summed E-state index contributed by atoms with van der Waals surface area (Å²) in [4.78, 5) is 28.4. The molecular formula is C25H28BrN3O5S. The van der Waals surface area contributed by atoms with Gasteiger partial charge in [-0.15, -0.1) is 6.58 Å². The van der Waals surface area contributed by atoms with Crippen LogP contribution in [0.1, 0.15) is 46.4 Å². The lowest BCUT2D eigenvalue weighted by atomic mass is 10.1. The van der Waals surface area contributed by atoms with Gasteiger partial charge in [-0.3, -0.25) is 9.59 Å². The van der Waals surface area contributed by atoms with Crippen LogP contribution in [0, 0.1) is 19.8 Å². The normalized spacial score (nSPS) is 14.6. The van der Waals surface area contributed by atoms with Crippen molar-refractivity contribution in [1.82, 2.24) is 14.3 Å². The number of aromatic nitrogens is 2. The molecule has 1 aliphatic rings. The van der Waals surface area contributed by atoms with E-state index in [2.05, 4.69) is 32.8 Å². The van der Waals surface area contributed by atoms with Crippen LogP contribution in [0.15, 0.2) is 46.3 Å². The third-order valence-corrected chi connectivity index (χ3v) is 9.00. The Morgan fingerprint density at radius 2 is 2.06 bits per heavy atom. The van der Waals surface area contributed by atoms with Gasteiger partial charge in [-0.25, -0.2) is 12.4 Å². The number of halogens is 1. The molecular weight excluding hydrogens is 534 g/mol. The van der Waals surface area contributed by atoms with Crippen molar-refractivity contribution >= 4 is 42.8 Å². The molecule has 1 fully saturated rings. The van der Waals surface area contributed by atoms with Gasteiger partial charge in [0.05, 0.1) is 35.5 Å². The van der Waals surface area contributed by atoms with Crippen LogP contribution in [0.2, 0.25) is 0 Å². The number of methoxy groups -OCH3 is 1. The summed E-state index contributed by atoms with van der Waals surface area (Å²) in [6.45, 7) is 7.22. The number of rotatable bonds is 9. The minimum Gasteiger partial charge on any atom is -0.496 e. The Hall–Kier alpha value is -2.85. The number of carbonyl (C=O) groups is 1. The van der Waals surface area contributed by atoms with Crippen LogP contribution in [0.5, 0.6) is 5.75 Å². The first-order chi connectivity index (χ1) is 16.6. The number of aromatic amines is 1. The number of fused-ring (bicyclic) bond motifs is 1. The summed E-state index contributed by atoms with van der Waals surface area (Å²) in [5.41, 5.74) is 2.02. The average molecular weight is 562 g/mol. The third kappa shape index (κ3) is 4.81. The molecule has 0 radical (unpaired) electrons. The molecule has 2 aromatic heterocycles. The predicted molar refractivity (Wildman–Crippen MR) is 140 cm³/mol. The van der Waals surface area contributed by atoms with E-state index in [1.807, 2.05) is 0 Å². The molecule has 10 heteroatoms. The molecule has 2 N–H and O–H groups in total. The van der Waals surface area contributed by atoms with Crippen LogP contribution in [0.3, 0.4) is 0 Å². The fourth-order valence-corrected chi connectivity index (χ4v) is 7.11. The number of nitrogens with zero attached hydrogens (tertiary/aromatic N) is 1. The summed E-state index contributed by atoms with van der Waals surface area (Å²) in [7, 11) is -2.24. The molecule has 0 spiro atoms. The molecule has 0 aliphatic heterocycles. The summed E-state index contributed by atoms with van der Waals surface area (Å²) in [6, 6.07) is 5.05. The van der Waals surface area contributed by atoms with Gasteiger partial charge in [0.15, 0.2) is 0 Å². The second-order valence-electron chi connectivity index (χ2n) is 8.91. The number of allylic oxidation sites excluding steroid dienone is 1. The lowest BCUT2D eigenvalue weighted by Crippen LogP contribution is -2.29. The number of hydrogen-bond donors (Lipinski definition) is 2. The second kappa shape index (κ2) is 9.66. The van der Waals surface area contributed by atoms with Crippen molar-refractivity contribution in [3.63, 3.8) is 0 Å². The summed E-state index contributed by atoms with van der Waals surface area (Å²) in [5.74, 6) is 0.0716. The molecule has 1 aliphatic carbocycles. The number of H-pyrrole nitrogens is 1. The van der Waals surface area contributed by atoms with E-state index < -0.39 is 21.2 Å². The van der Waals surface area contributed by atoms with Crippen molar-refractivity contribution in [2.45, 2.75) is 44.9 Å². The van der Waals surface area contributed by atoms with Crippen LogP contribution >= 0.6 is 15.9 Å². The molecule has 4 rings (SSSR count). The van der Waals surface area contributed by atoms with Crippen molar-refractivity contribution in [3.05, 3.63) is 74.3 Å². The van der Waals surface area contributed by atoms with Gasteiger partial charge in [0, 0.05) is 21.7 Å². The molecule has 186 valence electrons. The Balaban J connectivity index is 1.74. The number of nitrogens with one attached hydrogen (secondary N) is 2. The molecule has 1 saturated carbocycles. The van der Waals surface area contributed by atoms with Crippen molar-refractivity contribution in [2.75, 3.05) is 7.11 Å². The van der Waals surface area contributed by atoms with Crippen LogP contribution in [0.25, 0.3) is 10.9 Å². The van der Waals surface area contributed by atoms with Gasteiger partial charge >= 0.3 is 0 Å². The highest BCUT2D eigenvalue weighted by molar-refractivity contribution is 9.10. The fourth-order valence-electron chi connectivity index (χ4n) is 4.52. The van der Waals surface area contributed by atoms with E-state index in [1.165, 1.54) is 11.1 Å². The Morgan fingerprint density at radius 3 is 2.69 bits per heavy atom. The second-order valence-corrected chi connectivity index (χ2v) is 11.9. The highest BCUT2D eigenvalue weighted by atomic mass is 79.9. The van der Waals surface area contributed by atoms with Crippen LogP contribution in [-0.4, -0.2) is 35.6 Å². The quantitative estimate of drug-likeness (QED) is 0.381. The van der Waals surface area contributed by atoms with Gasteiger partial charge < -0.3 is 15.0 Å². The average Bonchev–Trinajstić information content (AvgIpc) is 3.58. The highest BCUT2D eigenvalue weighted by Gasteiger charge is 2.40. The minimum atomic E-state index is -3.71. The van der Waals surface area contributed by atoms with Crippen molar-refractivity contribution in [3.8, 4) is 5.75 Å². The Labute approximate surface area is 212 Å². The number of carbonyl (C=O) groups excluding carboxylic acids is 1. The zero-order chi connectivity index (χ0) is 25.5. The van der Waals surface area contributed by atoms with E-state index in [9.17, 15) is 18.0 Å². The monoisotopic (exact) mass is 561 g/mol. The van der Waals surface area contributed by atoms with E-state index in [-0.39, 0.29) is 18.0 Å². The van der Waals surface area contributed by atoms with E-state index >= 15 is 0 Å². The molecule has 0 saturated heterocycles. The molecule has 3 aromatic rings. The molecule has 1 amide bonds. The molecule has 0 bridgehead atoms. The third-order valence-electron chi connectivity index (χ3n) is 6.35. The maximum atomic E-state index is 13.6. The number of pyridine rings is 1. The summed E-state index contributed by atoms with van der Waals surface area (Å²) < 4.78 is 34.4. The van der Waals surface area contributed by atoms with Gasteiger partial charge in [-0.1, -0.05) is 22.0 Å². The molecule has 1 atom stereocenters. The standard InChI is InChI=1S/C25H28BrN3O5S/c1-5-6-22(16-7-8-16)35(32,33)29-13-14(2)23-18(10-17(26)11-20(23)29)24(30)27-12-19-21(34-4)9-15(3)28-25(19)31/h5,9-11,13,16,22H,1,6-8,12H2,2-4H3,(H,27,30)(H,28,31). The number of hydrogen-bond acceptors (Lipinski definition) is 5. The largest absolute Gasteiger partial charge is 0.496 e. The maximum absolute atomic E-state index is 13.6. The molecule has 2 heterocycles. The van der Waals surface area contributed by atoms with Gasteiger partial charge in [0.25, 0.3) is 11.5 Å². The first kappa shape index (κ1) is 25.2. The highest BCUT2D eigenvalue weighted by Crippen LogP contribution is 2.40. The Kier molecular flexibility index (Phi) is 6.97. The van der Waals surface area contributed by atoms with Crippen LogP contribution < -0.4 is 15.6 Å². The van der Waals surface area contributed by atoms with Gasteiger partial charge in [0.1, 0.15) is 5.75 Å². The zero-order valence-electron chi connectivity index (χ0n) is 19.9. The molecule has 1 unspecified atom stereocenters. The van der Waals surface area contributed by atoms with E-state index in [0.717, 1.165) is 12.8 Å². The topological polar surface area (TPSA) is 110 Å². The number of ether oxygens (including phenoxy) is 1. The number of aryl methyl sites for hydroxylation is 2. The number of amides is 1. The minimum absolute atomic E-state index is 0.0488. The maximum Gasteiger partial charge on any atom is 0.256 e. The van der Waals surface area contributed by atoms with Crippen LogP contribution in [0.4, 0.5) is 0 Å². The summed E-state index contributed by atoms with van der Waals surface area (Å²) in [5, 5.41) is 2.78. The van der Waals surface area contributed by atoms with E-state index in [1.54, 1.807) is 44.3 Å². The first-order valence-electron chi connectivity index (χ1n) is 11.3. The fraction of sp³-hybridized carbons (Fsp3) is 0.360. The first-order valence-corrected chi connectivity index (χ1v) is 13.6. The lowest BCUT2D eigenvalue weighted by molar-refractivity contribution is 0.0952. The molecule has 35 heavy (non-hydrogen) atoms.